The quantitative estimate of drug-likeness (QED) is 0.138. The van der Waals surface area contributed by atoms with Gasteiger partial charge in [-0.25, -0.2) is 8.42 Å². The first-order valence-electron chi connectivity index (χ1n) is 16.5. The summed E-state index contributed by atoms with van der Waals surface area (Å²) in [6.07, 6.45) is -0.574. The van der Waals surface area contributed by atoms with Crippen LogP contribution in [-0.4, -0.2) is 56.5 Å². The fraction of sp³-hybridized carbons (Fsp3) is 0.342. The molecule has 0 aliphatic carbocycles. The molecule has 4 atom stereocenters. The standard InChI is InChI=1S/C38H46N4O6S/c1-25(2)21-33(34(43)22-26(3)36(44)40-27(4)37(45)39-24-28-13-7-6-8-14-28)41-38(46)30-17-11-18-31(23-30)42(5)49(47,48)35-20-12-16-29-15-9-10-19-32(29)35/h6-20,23,25-27,33-34,43H,21-22,24H2,1-5H3,(H,39,45)(H,40,44)(H,41,46)/t26-,27-,33+,34+/m1/s1. The van der Waals surface area contributed by atoms with Crippen LogP contribution in [0, 0.1) is 11.8 Å². The summed E-state index contributed by atoms with van der Waals surface area (Å²) < 4.78 is 28.6. The molecule has 0 aliphatic rings. The summed E-state index contributed by atoms with van der Waals surface area (Å²) in [6, 6.07) is 26.6. The van der Waals surface area contributed by atoms with E-state index in [9.17, 15) is 27.9 Å². The van der Waals surface area contributed by atoms with E-state index in [1.165, 1.54) is 13.1 Å². The molecule has 260 valence electrons. The van der Waals surface area contributed by atoms with Crippen molar-refractivity contribution in [1.82, 2.24) is 16.0 Å². The van der Waals surface area contributed by atoms with Crippen molar-refractivity contribution in [3.8, 4) is 0 Å². The van der Waals surface area contributed by atoms with Crippen LogP contribution in [-0.2, 0) is 26.2 Å². The SMILES string of the molecule is CC(C)C[C@H](NC(=O)c1cccc(N(C)S(=O)(=O)c2cccc3ccccc23)c1)[C@@H](O)C[C@@H](C)C(=O)N[C@H](C)C(=O)NCc1ccccc1. The Bertz CT molecular complexity index is 1860. The number of hydrogen-bond acceptors (Lipinski definition) is 6. The van der Waals surface area contributed by atoms with Crippen molar-refractivity contribution >= 4 is 44.2 Å². The highest BCUT2D eigenvalue weighted by Crippen LogP contribution is 2.28. The Morgan fingerprint density at radius 3 is 2.14 bits per heavy atom. The molecule has 4 aromatic carbocycles. The van der Waals surface area contributed by atoms with E-state index in [1.807, 2.05) is 62.4 Å². The highest BCUT2D eigenvalue weighted by atomic mass is 32.2. The van der Waals surface area contributed by atoms with Gasteiger partial charge in [-0.15, -0.1) is 0 Å². The van der Waals surface area contributed by atoms with Crippen LogP contribution in [0.5, 0.6) is 0 Å². The van der Waals surface area contributed by atoms with Crippen molar-refractivity contribution in [2.24, 2.45) is 11.8 Å². The summed E-state index contributed by atoms with van der Waals surface area (Å²) in [4.78, 5) is 39.2. The minimum absolute atomic E-state index is 0.0495. The van der Waals surface area contributed by atoms with Gasteiger partial charge in [-0.2, -0.15) is 0 Å². The number of fused-ring (bicyclic) bond motifs is 1. The van der Waals surface area contributed by atoms with Gasteiger partial charge in [0, 0.05) is 30.5 Å². The summed E-state index contributed by atoms with van der Waals surface area (Å²) in [5, 5.41) is 21.1. The Morgan fingerprint density at radius 2 is 1.43 bits per heavy atom. The minimum atomic E-state index is -3.97. The van der Waals surface area contributed by atoms with Crippen molar-refractivity contribution in [1.29, 1.82) is 0 Å². The molecule has 0 heterocycles. The second-order valence-corrected chi connectivity index (χ2v) is 14.8. The third-order valence-corrected chi connectivity index (χ3v) is 10.3. The fourth-order valence-electron chi connectivity index (χ4n) is 5.61. The molecule has 0 spiro atoms. The van der Waals surface area contributed by atoms with Gasteiger partial charge in [-0.05, 0) is 60.9 Å². The van der Waals surface area contributed by atoms with E-state index in [2.05, 4.69) is 16.0 Å². The van der Waals surface area contributed by atoms with Gasteiger partial charge in [-0.1, -0.05) is 93.6 Å². The highest BCUT2D eigenvalue weighted by Gasteiger charge is 2.29. The van der Waals surface area contributed by atoms with Crippen LogP contribution in [0.3, 0.4) is 0 Å². The summed E-state index contributed by atoms with van der Waals surface area (Å²) >= 11 is 0. The van der Waals surface area contributed by atoms with E-state index >= 15 is 0 Å². The average molecular weight is 687 g/mol. The lowest BCUT2D eigenvalue weighted by molar-refractivity contribution is -0.131. The fourth-order valence-corrected chi connectivity index (χ4v) is 7.02. The van der Waals surface area contributed by atoms with Crippen molar-refractivity contribution < 1.29 is 27.9 Å². The Morgan fingerprint density at radius 1 is 0.776 bits per heavy atom. The molecule has 3 amide bonds. The molecule has 0 fully saturated rings. The smallest absolute Gasteiger partial charge is 0.264 e. The van der Waals surface area contributed by atoms with Crippen LogP contribution in [0.15, 0.2) is 102 Å². The topological polar surface area (TPSA) is 145 Å². The molecule has 0 bridgehead atoms. The van der Waals surface area contributed by atoms with Crippen LogP contribution < -0.4 is 20.3 Å². The van der Waals surface area contributed by atoms with E-state index in [1.54, 1.807) is 56.3 Å². The molecule has 10 nitrogen and oxygen atoms in total. The van der Waals surface area contributed by atoms with Crippen LogP contribution in [0.4, 0.5) is 5.69 Å². The molecular formula is C38H46N4O6S. The number of rotatable bonds is 15. The Hall–Kier alpha value is -4.74. The molecule has 4 aromatic rings. The number of nitrogens with one attached hydrogen (secondary N) is 3. The van der Waals surface area contributed by atoms with E-state index in [-0.39, 0.29) is 34.6 Å². The molecule has 0 radical (unpaired) electrons. The van der Waals surface area contributed by atoms with Crippen molar-refractivity contribution in [2.45, 2.75) is 70.2 Å². The number of carbonyl (C=O) groups is 3. The van der Waals surface area contributed by atoms with E-state index < -0.39 is 40.0 Å². The third kappa shape index (κ3) is 9.67. The predicted octanol–water partition coefficient (Wildman–Crippen LogP) is 5.02. The Kier molecular flexibility index (Phi) is 12.5. The van der Waals surface area contributed by atoms with Crippen molar-refractivity contribution in [3.63, 3.8) is 0 Å². The molecule has 0 unspecified atom stereocenters. The zero-order valence-electron chi connectivity index (χ0n) is 28.6. The van der Waals surface area contributed by atoms with Crippen LogP contribution >= 0.6 is 0 Å². The Labute approximate surface area is 289 Å². The van der Waals surface area contributed by atoms with Crippen LogP contribution in [0.1, 0.15) is 56.5 Å². The summed E-state index contributed by atoms with van der Waals surface area (Å²) in [7, 11) is -2.52. The zero-order valence-corrected chi connectivity index (χ0v) is 29.4. The first-order valence-corrected chi connectivity index (χ1v) is 17.9. The number of nitrogens with zero attached hydrogens (tertiary/aromatic N) is 1. The van der Waals surface area contributed by atoms with Gasteiger partial charge in [0.1, 0.15) is 6.04 Å². The molecular weight excluding hydrogens is 641 g/mol. The van der Waals surface area contributed by atoms with E-state index in [0.717, 1.165) is 15.3 Å². The van der Waals surface area contributed by atoms with Crippen molar-refractivity contribution in [3.05, 3.63) is 108 Å². The average Bonchev–Trinajstić information content (AvgIpc) is 3.09. The first-order chi connectivity index (χ1) is 23.3. The number of anilines is 1. The van der Waals surface area contributed by atoms with Gasteiger partial charge in [0.2, 0.25) is 11.8 Å². The first kappa shape index (κ1) is 37.1. The number of amides is 3. The second kappa shape index (κ2) is 16.6. The largest absolute Gasteiger partial charge is 0.391 e. The monoisotopic (exact) mass is 686 g/mol. The van der Waals surface area contributed by atoms with Gasteiger partial charge >= 0.3 is 0 Å². The Balaban J connectivity index is 1.40. The normalized spacial score (nSPS) is 14.0. The molecule has 0 saturated carbocycles. The number of carbonyl (C=O) groups excluding carboxylic acids is 3. The summed E-state index contributed by atoms with van der Waals surface area (Å²) in [5.41, 5.74) is 1.46. The maximum absolute atomic E-state index is 13.7. The molecule has 11 heteroatoms. The van der Waals surface area contributed by atoms with Crippen LogP contribution in [0.25, 0.3) is 10.8 Å². The molecule has 49 heavy (non-hydrogen) atoms. The van der Waals surface area contributed by atoms with Gasteiger partial charge in [-0.3, -0.25) is 18.7 Å². The van der Waals surface area contributed by atoms with Gasteiger partial charge in [0.15, 0.2) is 0 Å². The van der Waals surface area contributed by atoms with Gasteiger partial charge < -0.3 is 21.1 Å². The number of aliphatic hydroxyl groups is 1. The number of benzene rings is 4. The molecule has 0 aliphatic heterocycles. The number of sulfonamides is 1. The highest BCUT2D eigenvalue weighted by molar-refractivity contribution is 7.93. The number of aliphatic hydroxyl groups excluding tert-OH is 1. The lowest BCUT2D eigenvalue weighted by Crippen LogP contribution is -2.48. The molecule has 0 saturated heterocycles. The number of hydrogen-bond donors (Lipinski definition) is 4. The van der Waals surface area contributed by atoms with E-state index in [4.69, 9.17) is 0 Å². The zero-order chi connectivity index (χ0) is 35.7. The lowest BCUT2D eigenvalue weighted by Gasteiger charge is -2.28. The molecule has 4 N–H and O–H groups in total. The summed E-state index contributed by atoms with van der Waals surface area (Å²) in [6.45, 7) is 7.53. The summed E-state index contributed by atoms with van der Waals surface area (Å²) in [5.74, 6) is -1.74. The van der Waals surface area contributed by atoms with Crippen molar-refractivity contribution in [2.75, 3.05) is 11.4 Å². The molecule has 4 rings (SSSR count). The third-order valence-electron chi connectivity index (χ3n) is 8.47. The van der Waals surface area contributed by atoms with Gasteiger partial charge in [0.25, 0.3) is 15.9 Å². The maximum Gasteiger partial charge on any atom is 0.264 e. The van der Waals surface area contributed by atoms with Gasteiger partial charge in [0.05, 0.1) is 22.7 Å². The predicted molar refractivity (Wildman–Crippen MR) is 192 cm³/mol. The minimum Gasteiger partial charge on any atom is -0.391 e. The second-order valence-electron chi connectivity index (χ2n) is 12.8. The van der Waals surface area contributed by atoms with Crippen LogP contribution in [0.2, 0.25) is 0 Å². The lowest BCUT2D eigenvalue weighted by atomic mass is 9.92. The van der Waals surface area contributed by atoms with E-state index in [0.29, 0.717) is 24.0 Å². The molecule has 0 aromatic heterocycles. The maximum atomic E-state index is 13.7.